The van der Waals surface area contributed by atoms with Crippen molar-refractivity contribution in [2.75, 3.05) is 19.0 Å². The summed E-state index contributed by atoms with van der Waals surface area (Å²) < 4.78 is 0. The van der Waals surface area contributed by atoms with E-state index in [2.05, 4.69) is 0 Å². The largest absolute Gasteiger partial charge is 0.385 e. The van der Waals surface area contributed by atoms with Crippen LogP contribution in [0.3, 0.4) is 0 Å². The van der Waals surface area contributed by atoms with Crippen LogP contribution in [0.1, 0.15) is 11.7 Å². The number of amides is 1. The van der Waals surface area contributed by atoms with Crippen LogP contribution in [0, 0.1) is 0 Å². The fraction of sp³-hybridized carbons (Fsp3) is 0.364. The van der Waals surface area contributed by atoms with Gasteiger partial charge in [-0.1, -0.05) is 18.2 Å². The molecule has 88 valence electrons. The van der Waals surface area contributed by atoms with E-state index in [0.717, 1.165) is 5.69 Å². The molecule has 4 N–H and O–H groups in total. The smallest absolute Gasteiger partial charge is 0.249 e. The maximum absolute atomic E-state index is 10.8. The molecule has 16 heavy (non-hydrogen) atoms. The third-order valence-electron chi connectivity index (χ3n) is 2.33. The minimum atomic E-state index is -1.60. The van der Waals surface area contributed by atoms with Gasteiger partial charge in [0.15, 0.2) is 6.10 Å². The summed E-state index contributed by atoms with van der Waals surface area (Å²) in [5.74, 6) is -0.943. The lowest BCUT2D eigenvalue weighted by atomic mass is 10.0. The van der Waals surface area contributed by atoms with Crippen molar-refractivity contribution in [2.24, 2.45) is 5.73 Å². The molecular weight excluding hydrogens is 208 g/mol. The molecule has 0 aliphatic carbocycles. The van der Waals surface area contributed by atoms with Gasteiger partial charge in [0.05, 0.1) is 0 Å². The van der Waals surface area contributed by atoms with E-state index in [1.165, 1.54) is 0 Å². The standard InChI is InChI=1S/C11H16N2O3/c1-13(2)8-6-4-3-5-7(8)9(14)10(15)11(12)16/h3-6,9-10,14-15H,1-2H3,(H2,12,16). The van der Waals surface area contributed by atoms with Gasteiger partial charge in [0, 0.05) is 25.3 Å². The minimum Gasteiger partial charge on any atom is -0.385 e. The fourth-order valence-electron chi connectivity index (χ4n) is 1.47. The molecule has 2 unspecified atom stereocenters. The van der Waals surface area contributed by atoms with E-state index >= 15 is 0 Å². The Bertz CT molecular complexity index is 379. The first-order valence-corrected chi connectivity index (χ1v) is 4.87. The van der Waals surface area contributed by atoms with Crippen molar-refractivity contribution >= 4 is 11.6 Å². The molecule has 0 radical (unpaired) electrons. The number of aliphatic hydroxyl groups is 2. The molecule has 0 aromatic heterocycles. The number of hydrogen-bond donors (Lipinski definition) is 3. The van der Waals surface area contributed by atoms with Crippen molar-refractivity contribution in [1.29, 1.82) is 0 Å². The Kier molecular flexibility index (Phi) is 3.87. The lowest BCUT2D eigenvalue weighted by Gasteiger charge is -2.22. The Balaban J connectivity index is 3.07. The van der Waals surface area contributed by atoms with Gasteiger partial charge in [-0.05, 0) is 6.07 Å². The molecule has 0 fully saturated rings. The van der Waals surface area contributed by atoms with E-state index in [1.54, 1.807) is 23.1 Å². The fourth-order valence-corrected chi connectivity index (χ4v) is 1.47. The number of carbonyl (C=O) groups is 1. The lowest BCUT2D eigenvalue weighted by Crippen LogP contribution is -2.34. The Hall–Kier alpha value is -1.59. The number of rotatable bonds is 4. The third-order valence-corrected chi connectivity index (χ3v) is 2.33. The van der Waals surface area contributed by atoms with Crippen LogP contribution in [0.4, 0.5) is 5.69 Å². The van der Waals surface area contributed by atoms with Crippen LogP contribution >= 0.6 is 0 Å². The molecule has 0 spiro atoms. The molecule has 1 rings (SSSR count). The number of para-hydroxylation sites is 1. The Morgan fingerprint density at radius 2 is 1.88 bits per heavy atom. The van der Waals surface area contributed by atoms with Crippen LogP contribution in [0.2, 0.25) is 0 Å². The van der Waals surface area contributed by atoms with Crippen LogP contribution in [0.5, 0.6) is 0 Å². The first-order chi connectivity index (χ1) is 7.45. The van der Waals surface area contributed by atoms with Crippen LogP contribution in [-0.2, 0) is 4.79 Å². The van der Waals surface area contributed by atoms with Crippen molar-refractivity contribution in [1.82, 2.24) is 0 Å². The highest BCUT2D eigenvalue weighted by molar-refractivity contribution is 5.79. The second-order valence-corrected chi connectivity index (χ2v) is 3.75. The average molecular weight is 224 g/mol. The van der Waals surface area contributed by atoms with Gasteiger partial charge < -0.3 is 20.8 Å². The lowest BCUT2D eigenvalue weighted by molar-refractivity contribution is -0.131. The van der Waals surface area contributed by atoms with Gasteiger partial charge in [0.2, 0.25) is 5.91 Å². The zero-order valence-electron chi connectivity index (χ0n) is 9.29. The van der Waals surface area contributed by atoms with Crippen molar-refractivity contribution in [3.8, 4) is 0 Å². The summed E-state index contributed by atoms with van der Waals surface area (Å²) in [7, 11) is 3.62. The quantitative estimate of drug-likeness (QED) is 0.651. The number of carbonyl (C=O) groups excluding carboxylic acids is 1. The van der Waals surface area contributed by atoms with E-state index in [-0.39, 0.29) is 0 Å². The molecule has 5 nitrogen and oxygen atoms in total. The molecule has 0 aliphatic rings. The monoisotopic (exact) mass is 224 g/mol. The minimum absolute atomic E-state index is 0.471. The van der Waals surface area contributed by atoms with Crippen molar-refractivity contribution < 1.29 is 15.0 Å². The molecule has 0 bridgehead atoms. The molecule has 0 heterocycles. The van der Waals surface area contributed by atoms with Crippen LogP contribution in [0.15, 0.2) is 24.3 Å². The topological polar surface area (TPSA) is 86.8 Å². The number of benzene rings is 1. The highest BCUT2D eigenvalue weighted by Crippen LogP contribution is 2.26. The van der Waals surface area contributed by atoms with E-state index in [1.807, 2.05) is 20.2 Å². The second-order valence-electron chi connectivity index (χ2n) is 3.75. The predicted molar refractivity (Wildman–Crippen MR) is 60.9 cm³/mol. The van der Waals surface area contributed by atoms with E-state index in [0.29, 0.717) is 5.56 Å². The summed E-state index contributed by atoms with van der Waals surface area (Å²) in [5, 5.41) is 19.2. The van der Waals surface area contributed by atoms with Crippen LogP contribution in [-0.4, -0.2) is 36.3 Å². The van der Waals surface area contributed by atoms with E-state index < -0.39 is 18.1 Å². The zero-order valence-corrected chi connectivity index (χ0v) is 9.29. The van der Waals surface area contributed by atoms with Crippen LogP contribution < -0.4 is 10.6 Å². The van der Waals surface area contributed by atoms with Crippen molar-refractivity contribution in [3.63, 3.8) is 0 Å². The van der Waals surface area contributed by atoms with E-state index in [9.17, 15) is 15.0 Å². The summed E-state index contributed by atoms with van der Waals surface area (Å²) in [6.45, 7) is 0. The number of aliphatic hydroxyl groups excluding tert-OH is 2. The number of primary amides is 1. The molecule has 1 amide bonds. The van der Waals surface area contributed by atoms with Gasteiger partial charge in [0.25, 0.3) is 0 Å². The Labute approximate surface area is 94.1 Å². The Morgan fingerprint density at radius 1 is 1.31 bits per heavy atom. The highest BCUT2D eigenvalue weighted by Gasteiger charge is 2.25. The third kappa shape index (κ3) is 2.50. The molecule has 5 heteroatoms. The molecule has 0 aliphatic heterocycles. The predicted octanol–water partition coefficient (Wildman–Crippen LogP) is -0.368. The van der Waals surface area contributed by atoms with Gasteiger partial charge >= 0.3 is 0 Å². The number of nitrogens with zero attached hydrogens (tertiary/aromatic N) is 1. The van der Waals surface area contributed by atoms with Gasteiger partial charge in [0.1, 0.15) is 6.10 Å². The Morgan fingerprint density at radius 3 is 2.38 bits per heavy atom. The first kappa shape index (κ1) is 12.5. The van der Waals surface area contributed by atoms with Gasteiger partial charge in [-0.2, -0.15) is 0 Å². The molecule has 0 saturated carbocycles. The number of anilines is 1. The van der Waals surface area contributed by atoms with Crippen molar-refractivity contribution in [3.05, 3.63) is 29.8 Å². The highest BCUT2D eigenvalue weighted by atomic mass is 16.3. The van der Waals surface area contributed by atoms with Crippen molar-refractivity contribution in [2.45, 2.75) is 12.2 Å². The molecule has 1 aromatic rings. The maximum atomic E-state index is 10.8. The van der Waals surface area contributed by atoms with Gasteiger partial charge in [-0.25, -0.2) is 0 Å². The summed E-state index contributed by atoms with van der Waals surface area (Å²) in [6, 6.07) is 6.96. The van der Waals surface area contributed by atoms with Crippen LogP contribution in [0.25, 0.3) is 0 Å². The first-order valence-electron chi connectivity index (χ1n) is 4.87. The maximum Gasteiger partial charge on any atom is 0.249 e. The summed E-state index contributed by atoms with van der Waals surface area (Å²) in [6.07, 6.45) is -2.91. The average Bonchev–Trinajstić information content (AvgIpc) is 2.26. The second kappa shape index (κ2) is 4.96. The SMILES string of the molecule is CN(C)c1ccccc1C(O)C(O)C(N)=O. The molecule has 1 aromatic carbocycles. The number of hydrogen-bond acceptors (Lipinski definition) is 4. The molecule has 0 saturated heterocycles. The summed E-state index contributed by atoms with van der Waals surface area (Å²) in [5.41, 5.74) is 6.14. The molecular formula is C11H16N2O3. The normalized spacial score (nSPS) is 14.2. The zero-order chi connectivity index (χ0) is 12.3. The summed E-state index contributed by atoms with van der Waals surface area (Å²) in [4.78, 5) is 12.6. The van der Waals surface area contributed by atoms with Gasteiger partial charge in [-0.3, -0.25) is 4.79 Å². The number of nitrogens with two attached hydrogens (primary N) is 1. The van der Waals surface area contributed by atoms with Gasteiger partial charge in [-0.15, -0.1) is 0 Å². The van der Waals surface area contributed by atoms with E-state index in [4.69, 9.17) is 5.73 Å². The molecule has 2 atom stereocenters. The summed E-state index contributed by atoms with van der Waals surface area (Å²) >= 11 is 0.